The normalized spacial score (nSPS) is 19.9. The third-order valence-electron chi connectivity index (χ3n) is 8.11. The van der Waals surface area contributed by atoms with E-state index in [1.807, 2.05) is 35.2 Å². The molecule has 0 radical (unpaired) electrons. The van der Waals surface area contributed by atoms with Crippen molar-refractivity contribution in [3.8, 4) is 0 Å². The molecule has 0 bridgehead atoms. The highest BCUT2D eigenvalue weighted by Gasteiger charge is 2.37. The van der Waals surface area contributed by atoms with Crippen molar-refractivity contribution < 1.29 is 9.59 Å². The van der Waals surface area contributed by atoms with Crippen molar-refractivity contribution in [1.29, 1.82) is 0 Å². The minimum absolute atomic E-state index is 0.117. The lowest BCUT2D eigenvalue weighted by atomic mass is 9.96. The molecule has 1 saturated heterocycles. The van der Waals surface area contributed by atoms with E-state index in [9.17, 15) is 9.59 Å². The number of hydrogen-bond acceptors (Lipinski definition) is 4. The zero-order valence-corrected chi connectivity index (χ0v) is 20.7. The average molecular weight is 480 g/mol. The fraction of sp³-hybridized carbons (Fsp3) is 0.355. The molecule has 3 aromatic rings. The Balaban J connectivity index is 1.05. The summed E-state index contributed by atoms with van der Waals surface area (Å²) >= 11 is 0. The van der Waals surface area contributed by atoms with Gasteiger partial charge in [-0.3, -0.25) is 14.5 Å². The summed E-state index contributed by atoms with van der Waals surface area (Å²) in [5, 5.41) is 0. The van der Waals surface area contributed by atoms with Crippen molar-refractivity contribution in [2.45, 2.75) is 38.4 Å². The predicted molar refractivity (Wildman–Crippen MR) is 141 cm³/mol. The maximum Gasteiger partial charge on any atom is 0.255 e. The van der Waals surface area contributed by atoms with Crippen LogP contribution in [0.4, 0.5) is 0 Å². The number of rotatable bonds is 6. The molecule has 1 amide bonds. The number of aryl methyl sites for hydroxylation is 1. The maximum atomic E-state index is 13.1. The van der Waals surface area contributed by atoms with E-state index in [2.05, 4.69) is 52.3 Å². The van der Waals surface area contributed by atoms with Crippen molar-refractivity contribution in [2.75, 3.05) is 32.7 Å². The highest BCUT2D eigenvalue weighted by atomic mass is 16.2. The number of ketones is 1. The summed E-state index contributed by atoms with van der Waals surface area (Å²) < 4.78 is 0. The molecule has 1 atom stereocenters. The van der Waals surface area contributed by atoms with Gasteiger partial charge >= 0.3 is 0 Å². The summed E-state index contributed by atoms with van der Waals surface area (Å²) in [6.45, 7) is 6.46. The van der Waals surface area contributed by atoms with E-state index >= 15 is 0 Å². The van der Waals surface area contributed by atoms with Gasteiger partial charge in [-0.15, -0.1) is 0 Å². The Kier molecular flexibility index (Phi) is 6.43. The lowest BCUT2D eigenvalue weighted by Gasteiger charge is -2.34. The number of piperazine rings is 1. The van der Waals surface area contributed by atoms with Crippen molar-refractivity contribution >= 4 is 11.7 Å². The van der Waals surface area contributed by atoms with E-state index in [1.54, 1.807) is 0 Å². The molecule has 5 nitrogen and oxygen atoms in total. The largest absolute Gasteiger partial charge is 0.327 e. The van der Waals surface area contributed by atoms with Gasteiger partial charge < -0.3 is 9.80 Å². The van der Waals surface area contributed by atoms with Crippen LogP contribution < -0.4 is 0 Å². The quantitative estimate of drug-likeness (QED) is 0.480. The predicted octanol–water partition coefficient (Wildman–Crippen LogP) is 4.72. The highest BCUT2D eigenvalue weighted by molar-refractivity contribution is 5.99. The lowest BCUT2D eigenvalue weighted by molar-refractivity contribution is 0.0709. The van der Waals surface area contributed by atoms with Crippen LogP contribution in [0.2, 0.25) is 0 Å². The molecule has 6 rings (SSSR count). The van der Waals surface area contributed by atoms with Gasteiger partial charge in [0.25, 0.3) is 5.91 Å². The molecule has 0 aliphatic carbocycles. The van der Waals surface area contributed by atoms with Crippen LogP contribution in [-0.4, -0.2) is 59.1 Å². The first-order chi connectivity index (χ1) is 17.7. The van der Waals surface area contributed by atoms with E-state index in [0.717, 1.165) is 74.4 Å². The summed E-state index contributed by atoms with van der Waals surface area (Å²) in [7, 11) is 0. The van der Waals surface area contributed by atoms with Crippen LogP contribution in [0.15, 0.2) is 72.8 Å². The molecule has 3 heterocycles. The summed E-state index contributed by atoms with van der Waals surface area (Å²) in [5.74, 6) is 0.313. The average Bonchev–Trinajstić information content (AvgIpc) is 3.06. The van der Waals surface area contributed by atoms with Gasteiger partial charge in [0.15, 0.2) is 5.78 Å². The van der Waals surface area contributed by atoms with Gasteiger partial charge in [-0.1, -0.05) is 60.7 Å². The molecule has 184 valence electrons. The van der Waals surface area contributed by atoms with Crippen LogP contribution in [-0.2, 0) is 19.5 Å². The summed E-state index contributed by atoms with van der Waals surface area (Å²) in [6.07, 6.45) is 2.40. The smallest absolute Gasteiger partial charge is 0.255 e. The van der Waals surface area contributed by atoms with E-state index in [-0.39, 0.29) is 17.7 Å². The Morgan fingerprint density at radius 2 is 1.58 bits per heavy atom. The van der Waals surface area contributed by atoms with Crippen LogP contribution in [0.5, 0.6) is 0 Å². The monoisotopic (exact) mass is 479 g/mol. The molecule has 0 saturated carbocycles. The molecule has 0 spiro atoms. The molecule has 0 aromatic heterocycles. The second-order valence-corrected chi connectivity index (χ2v) is 10.3. The number of Topliss-reactive ketones (excluding diaryl/α,β-unsaturated/α-hetero) is 1. The molecule has 36 heavy (non-hydrogen) atoms. The van der Waals surface area contributed by atoms with E-state index in [1.165, 1.54) is 11.1 Å². The zero-order chi connectivity index (χ0) is 24.5. The van der Waals surface area contributed by atoms with Gasteiger partial charge in [0.2, 0.25) is 0 Å². The van der Waals surface area contributed by atoms with Crippen LogP contribution in [0.3, 0.4) is 0 Å². The Morgan fingerprint density at radius 1 is 0.833 bits per heavy atom. The second-order valence-electron chi connectivity index (χ2n) is 10.3. The molecule has 0 N–H and O–H groups in total. The fourth-order valence-electron chi connectivity index (χ4n) is 6.02. The third-order valence-corrected chi connectivity index (χ3v) is 8.11. The Bertz CT molecular complexity index is 1260. The molecule has 3 aliphatic rings. The van der Waals surface area contributed by atoms with Gasteiger partial charge in [0.05, 0.1) is 6.04 Å². The Labute approximate surface area is 213 Å². The molecule has 3 aromatic carbocycles. The molecule has 3 aliphatic heterocycles. The lowest BCUT2D eigenvalue weighted by Crippen LogP contribution is -2.46. The topological polar surface area (TPSA) is 43.9 Å². The summed E-state index contributed by atoms with van der Waals surface area (Å²) in [5.41, 5.74) is 6.51. The van der Waals surface area contributed by atoms with E-state index < -0.39 is 0 Å². The Hall–Kier alpha value is -3.28. The van der Waals surface area contributed by atoms with Crippen molar-refractivity contribution in [2.24, 2.45) is 0 Å². The first-order valence-electron chi connectivity index (χ1n) is 13.2. The summed E-state index contributed by atoms with van der Waals surface area (Å²) in [4.78, 5) is 33.1. The van der Waals surface area contributed by atoms with Gasteiger partial charge in [0.1, 0.15) is 0 Å². The van der Waals surface area contributed by atoms with Crippen molar-refractivity contribution in [3.63, 3.8) is 0 Å². The number of carbonyl (C=O) groups excluding carboxylic acids is 2. The van der Waals surface area contributed by atoms with Crippen LogP contribution in [0, 0.1) is 0 Å². The Morgan fingerprint density at radius 3 is 2.42 bits per heavy atom. The van der Waals surface area contributed by atoms with E-state index in [0.29, 0.717) is 13.0 Å². The van der Waals surface area contributed by atoms with Crippen LogP contribution in [0.1, 0.15) is 61.9 Å². The number of carbonyl (C=O) groups is 2. The number of nitrogens with zero attached hydrogens (tertiary/aromatic N) is 3. The van der Waals surface area contributed by atoms with Crippen LogP contribution in [0.25, 0.3) is 0 Å². The fourth-order valence-corrected chi connectivity index (χ4v) is 6.02. The standard InChI is InChI=1S/C31H33N3O2/c35-30(14-15-32-16-18-33(19-17-32)21-23-6-2-1-3-7-23)25-11-10-24-12-13-29-27-8-4-5-9-28(27)31(36)34(29)22-26(24)20-25/h1-11,20,29H,12-19,21-22H2. The molecule has 5 heteroatoms. The van der Waals surface area contributed by atoms with Crippen LogP contribution >= 0.6 is 0 Å². The maximum absolute atomic E-state index is 13.1. The van der Waals surface area contributed by atoms with Gasteiger partial charge in [0, 0.05) is 63.4 Å². The van der Waals surface area contributed by atoms with E-state index in [4.69, 9.17) is 0 Å². The summed E-state index contributed by atoms with van der Waals surface area (Å²) in [6, 6.07) is 24.9. The minimum atomic E-state index is 0.117. The van der Waals surface area contributed by atoms with Gasteiger partial charge in [-0.05, 0) is 47.2 Å². The third kappa shape index (κ3) is 4.61. The molecule has 1 unspecified atom stereocenters. The first-order valence-corrected chi connectivity index (χ1v) is 13.2. The van der Waals surface area contributed by atoms with Crippen molar-refractivity contribution in [3.05, 3.63) is 106 Å². The first kappa shape index (κ1) is 23.1. The SMILES string of the molecule is O=C(CCN1CCN(Cc2ccccc2)CC1)c1ccc2c(c1)CN1C(=O)c3ccccc3C1CC2. The molecule has 1 fully saturated rings. The van der Waals surface area contributed by atoms with Crippen molar-refractivity contribution in [1.82, 2.24) is 14.7 Å². The highest BCUT2D eigenvalue weighted by Crippen LogP contribution is 2.40. The number of fused-ring (bicyclic) bond motifs is 4. The molecular formula is C31H33N3O2. The number of hydrogen-bond donors (Lipinski definition) is 0. The number of benzene rings is 3. The van der Waals surface area contributed by atoms with Gasteiger partial charge in [-0.2, -0.15) is 0 Å². The second kappa shape index (κ2) is 10.00. The molecular weight excluding hydrogens is 446 g/mol. The minimum Gasteiger partial charge on any atom is -0.327 e. The zero-order valence-electron chi connectivity index (χ0n) is 20.7. The van der Waals surface area contributed by atoms with Gasteiger partial charge in [-0.25, -0.2) is 0 Å². The number of amides is 1.